The molecule has 2 heterocycles. The van der Waals surface area contributed by atoms with Crippen molar-refractivity contribution in [3.63, 3.8) is 0 Å². The maximum Gasteiger partial charge on any atom is 0.254 e. The van der Waals surface area contributed by atoms with E-state index >= 15 is 0 Å². The highest BCUT2D eigenvalue weighted by Gasteiger charge is 2.13. The quantitative estimate of drug-likeness (QED) is 0.871. The van der Waals surface area contributed by atoms with Crippen molar-refractivity contribution in [2.75, 3.05) is 0 Å². The summed E-state index contributed by atoms with van der Waals surface area (Å²) in [7, 11) is 0. The van der Waals surface area contributed by atoms with E-state index in [0.717, 1.165) is 18.0 Å². The predicted octanol–water partition coefficient (Wildman–Crippen LogP) is 2.71. The Kier molecular flexibility index (Phi) is 3.62. The second kappa shape index (κ2) is 5.18. The molecule has 0 atom stereocenters. The van der Waals surface area contributed by atoms with E-state index in [-0.39, 0.29) is 17.3 Å². The lowest BCUT2D eigenvalue weighted by Gasteiger charge is -2.04. The van der Waals surface area contributed by atoms with Crippen molar-refractivity contribution >= 4 is 17.5 Å². The molecule has 1 amide bonds. The SMILES string of the molecule is Cc1ccc(CNC(=O)c2cc(F)cnc2Cl)o1. The minimum Gasteiger partial charge on any atom is -0.465 e. The highest BCUT2D eigenvalue weighted by Crippen LogP contribution is 2.14. The zero-order chi connectivity index (χ0) is 13.1. The molecule has 6 heteroatoms. The molecule has 0 fully saturated rings. The van der Waals surface area contributed by atoms with Crippen LogP contribution in [0, 0.1) is 12.7 Å². The lowest BCUT2D eigenvalue weighted by Crippen LogP contribution is -2.23. The van der Waals surface area contributed by atoms with E-state index in [1.54, 1.807) is 19.1 Å². The Morgan fingerprint density at radius 2 is 2.33 bits per heavy atom. The van der Waals surface area contributed by atoms with Gasteiger partial charge in [0, 0.05) is 0 Å². The molecule has 0 bridgehead atoms. The Morgan fingerprint density at radius 3 is 3.00 bits per heavy atom. The second-order valence-electron chi connectivity index (χ2n) is 3.69. The number of aryl methyl sites for hydroxylation is 1. The monoisotopic (exact) mass is 268 g/mol. The fourth-order valence-electron chi connectivity index (χ4n) is 1.42. The first-order chi connectivity index (χ1) is 8.56. The van der Waals surface area contributed by atoms with Crippen molar-refractivity contribution in [3.05, 3.63) is 52.5 Å². The van der Waals surface area contributed by atoms with Crippen LogP contribution in [0.4, 0.5) is 4.39 Å². The van der Waals surface area contributed by atoms with Crippen LogP contribution < -0.4 is 5.32 Å². The molecule has 1 N–H and O–H groups in total. The average molecular weight is 269 g/mol. The summed E-state index contributed by atoms with van der Waals surface area (Å²) in [6, 6.07) is 4.58. The van der Waals surface area contributed by atoms with Crippen molar-refractivity contribution in [2.45, 2.75) is 13.5 Å². The summed E-state index contributed by atoms with van der Waals surface area (Å²) in [6.07, 6.45) is 0.953. The van der Waals surface area contributed by atoms with Gasteiger partial charge in [0.1, 0.15) is 22.5 Å². The number of rotatable bonds is 3. The van der Waals surface area contributed by atoms with E-state index in [1.165, 1.54) is 0 Å². The number of amides is 1. The third-order valence-corrected chi connectivity index (χ3v) is 2.57. The van der Waals surface area contributed by atoms with E-state index in [2.05, 4.69) is 10.3 Å². The van der Waals surface area contributed by atoms with Crippen molar-refractivity contribution in [1.82, 2.24) is 10.3 Å². The van der Waals surface area contributed by atoms with Crippen LogP contribution >= 0.6 is 11.6 Å². The summed E-state index contributed by atoms with van der Waals surface area (Å²) in [5.41, 5.74) is -0.0000512. The van der Waals surface area contributed by atoms with Crippen molar-refractivity contribution < 1.29 is 13.6 Å². The average Bonchev–Trinajstić information content (AvgIpc) is 2.75. The first-order valence-electron chi connectivity index (χ1n) is 5.21. The molecule has 0 saturated carbocycles. The Balaban J connectivity index is 2.05. The molecular weight excluding hydrogens is 259 g/mol. The van der Waals surface area contributed by atoms with Crippen LogP contribution in [-0.4, -0.2) is 10.9 Å². The van der Waals surface area contributed by atoms with Crippen LogP contribution in [0.15, 0.2) is 28.8 Å². The Labute approximate surface area is 108 Å². The van der Waals surface area contributed by atoms with Crippen molar-refractivity contribution in [1.29, 1.82) is 0 Å². The van der Waals surface area contributed by atoms with Crippen LogP contribution in [0.1, 0.15) is 21.9 Å². The fraction of sp³-hybridized carbons (Fsp3) is 0.167. The van der Waals surface area contributed by atoms with Gasteiger partial charge >= 0.3 is 0 Å². The molecule has 2 rings (SSSR count). The molecule has 0 spiro atoms. The number of carbonyl (C=O) groups excluding carboxylic acids is 1. The number of nitrogens with one attached hydrogen (secondary N) is 1. The third kappa shape index (κ3) is 2.87. The largest absolute Gasteiger partial charge is 0.465 e. The Hall–Kier alpha value is -1.88. The van der Waals surface area contributed by atoms with E-state index in [4.69, 9.17) is 16.0 Å². The molecule has 0 aliphatic carbocycles. The minimum absolute atomic E-state index is 0.0000512. The van der Waals surface area contributed by atoms with Gasteiger partial charge in [0.25, 0.3) is 5.91 Å². The number of carbonyl (C=O) groups is 1. The highest BCUT2D eigenvalue weighted by molar-refractivity contribution is 6.32. The lowest BCUT2D eigenvalue weighted by atomic mass is 10.2. The summed E-state index contributed by atoms with van der Waals surface area (Å²) in [6.45, 7) is 2.01. The van der Waals surface area contributed by atoms with Gasteiger partial charge in [0.15, 0.2) is 0 Å². The Bertz CT molecular complexity index is 583. The fourth-order valence-corrected chi connectivity index (χ4v) is 1.61. The predicted molar refractivity (Wildman–Crippen MR) is 63.8 cm³/mol. The summed E-state index contributed by atoms with van der Waals surface area (Å²) in [4.78, 5) is 15.3. The van der Waals surface area contributed by atoms with E-state index in [0.29, 0.717) is 5.76 Å². The molecule has 2 aromatic rings. The van der Waals surface area contributed by atoms with E-state index in [1.807, 2.05) is 0 Å². The first kappa shape index (κ1) is 12.6. The molecule has 4 nitrogen and oxygen atoms in total. The molecule has 18 heavy (non-hydrogen) atoms. The summed E-state index contributed by atoms with van der Waals surface area (Å²) < 4.78 is 18.2. The van der Waals surface area contributed by atoms with Crippen LogP contribution in [0.25, 0.3) is 0 Å². The van der Waals surface area contributed by atoms with Crippen molar-refractivity contribution in [2.24, 2.45) is 0 Å². The van der Waals surface area contributed by atoms with Crippen LogP contribution in [-0.2, 0) is 6.54 Å². The number of nitrogens with zero attached hydrogens (tertiary/aromatic N) is 1. The van der Waals surface area contributed by atoms with Crippen LogP contribution in [0.3, 0.4) is 0 Å². The standard InChI is InChI=1S/C12H10ClFN2O2/c1-7-2-3-9(18-7)6-16-12(17)10-4-8(14)5-15-11(10)13/h2-5H,6H2,1H3,(H,16,17). The van der Waals surface area contributed by atoms with Gasteiger partial charge in [-0.25, -0.2) is 9.37 Å². The molecule has 0 aromatic carbocycles. The highest BCUT2D eigenvalue weighted by atomic mass is 35.5. The van der Waals surface area contributed by atoms with Gasteiger partial charge in [0.2, 0.25) is 0 Å². The van der Waals surface area contributed by atoms with Gasteiger partial charge in [-0.2, -0.15) is 0 Å². The molecule has 0 aliphatic heterocycles. The smallest absolute Gasteiger partial charge is 0.254 e. The van der Waals surface area contributed by atoms with Gasteiger partial charge in [-0.1, -0.05) is 11.6 Å². The second-order valence-corrected chi connectivity index (χ2v) is 4.04. The normalized spacial score (nSPS) is 10.4. The van der Waals surface area contributed by atoms with Crippen molar-refractivity contribution in [3.8, 4) is 0 Å². The maximum atomic E-state index is 13.0. The minimum atomic E-state index is -0.613. The van der Waals surface area contributed by atoms with Gasteiger partial charge in [-0.3, -0.25) is 4.79 Å². The molecule has 0 radical (unpaired) electrons. The number of pyridine rings is 1. The molecule has 0 saturated heterocycles. The summed E-state index contributed by atoms with van der Waals surface area (Å²) >= 11 is 5.71. The molecular formula is C12H10ClFN2O2. The zero-order valence-electron chi connectivity index (χ0n) is 9.54. The topological polar surface area (TPSA) is 55.1 Å². The number of furan rings is 1. The molecule has 2 aromatic heterocycles. The molecule has 0 unspecified atom stereocenters. The lowest BCUT2D eigenvalue weighted by molar-refractivity contribution is 0.0947. The third-order valence-electron chi connectivity index (χ3n) is 2.27. The summed E-state index contributed by atoms with van der Waals surface area (Å²) in [5, 5.41) is 2.54. The van der Waals surface area contributed by atoms with Gasteiger partial charge in [-0.05, 0) is 25.1 Å². The number of halogens is 2. The van der Waals surface area contributed by atoms with Gasteiger partial charge < -0.3 is 9.73 Å². The number of hydrogen-bond donors (Lipinski definition) is 1. The van der Waals surface area contributed by atoms with E-state index < -0.39 is 11.7 Å². The molecule has 0 aliphatic rings. The van der Waals surface area contributed by atoms with Crippen LogP contribution in [0.2, 0.25) is 5.15 Å². The number of hydrogen-bond acceptors (Lipinski definition) is 3. The maximum absolute atomic E-state index is 13.0. The van der Waals surface area contributed by atoms with Gasteiger partial charge in [0.05, 0.1) is 18.3 Å². The first-order valence-corrected chi connectivity index (χ1v) is 5.58. The summed E-state index contributed by atoms with van der Waals surface area (Å²) in [5.74, 6) is 0.255. The Morgan fingerprint density at radius 1 is 1.56 bits per heavy atom. The van der Waals surface area contributed by atoms with Crippen LogP contribution in [0.5, 0.6) is 0 Å². The van der Waals surface area contributed by atoms with Gasteiger partial charge in [-0.15, -0.1) is 0 Å². The zero-order valence-corrected chi connectivity index (χ0v) is 10.3. The number of aromatic nitrogens is 1. The molecule has 94 valence electrons. The van der Waals surface area contributed by atoms with E-state index in [9.17, 15) is 9.18 Å².